The van der Waals surface area contributed by atoms with Crippen molar-refractivity contribution in [3.05, 3.63) is 59.5 Å². The van der Waals surface area contributed by atoms with E-state index in [0.29, 0.717) is 49.4 Å². The summed E-state index contributed by atoms with van der Waals surface area (Å²) < 4.78 is 11.2. The predicted molar refractivity (Wildman–Crippen MR) is 125 cm³/mol. The summed E-state index contributed by atoms with van der Waals surface area (Å²) in [5.41, 5.74) is 2.12. The minimum Gasteiger partial charge on any atom is -0.459 e. The molecule has 3 heterocycles. The van der Waals surface area contributed by atoms with Crippen molar-refractivity contribution in [3.8, 4) is 17.7 Å². The van der Waals surface area contributed by atoms with Crippen LogP contribution in [-0.4, -0.2) is 59.5 Å². The van der Waals surface area contributed by atoms with E-state index in [0.717, 1.165) is 13.1 Å². The molecule has 0 N–H and O–H groups in total. The topological polar surface area (TPSA) is 89.8 Å². The zero-order valence-electron chi connectivity index (χ0n) is 19.3. The molecule has 0 bridgehead atoms. The van der Waals surface area contributed by atoms with E-state index in [4.69, 9.17) is 8.83 Å². The van der Waals surface area contributed by atoms with Crippen LogP contribution in [0.3, 0.4) is 0 Å². The van der Waals surface area contributed by atoms with Gasteiger partial charge in [0.15, 0.2) is 5.76 Å². The van der Waals surface area contributed by atoms with Gasteiger partial charge in [0.05, 0.1) is 6.26 Å². The third-order valence-electron chi connectivity index (χ3n) is 6.02. The van der Waals surface area contributed by atoms with Crippen LogP contribution in [0.1, 0.15) is 42.4 Å². The number of benzene rings is 1. The van der Waals surface area contributed by atoms with E-state index in [9.17, 15) is 10.1 Å². The lowest BCUT2D eigenvalue weighted by Gasteiger charge is -2.34. The summed E-state index contributed by atoms with van der Waals surface area (Å²) in [4.78, 5) is 23.4. The number of carbonyl (C=O) groups excluding carboxylic acids is 1. The van der Waals surface area contributed by atoms with E-state index in [1.165, 1.54) is 11.8 Å². The second kappa shape index (κ2) is 9.92. The fourth-order valence-corrected chi connectivity index (χ4v) is 4.05. The Morgan fingerprint density at radius 1 is 1.18 bits per heavy atom. The van der Waals surface area contributed by atoms with Gasteiger partial charge < -0.3 is 18.6 Å². The Balaban J connectivity index is 1.38. The van der Waals surface area contributed by atoms with Crippen molar-refractivity contribution in [2.45, 2.75) is 33.4 Å². The number of furan rings is 1. The van der Waals surface area contributed by atoms with Crippen molar-refractivity contribution in [3.63, 3.8) is 0 Å². The van der Waals surface area contributed by atoms with Crippen LogP contribution in [0.5, 0.6) is 0 Å². The summed E-state index contributed by atoms with van der Waals surface area (Å²) in [5, 5.41) is 9.47. The molecule has 3 aromatic rings. The van der Waals surface area contributed by atoms with Crippen LogP contribution < -0.4 is 4.90 Å². The Kier molecular flexibility index (Phi) is 6.80. The molecule has 172 valence electrons. The molecule has 1 amide bonds. The molecular formula is C25H29N5O3. The van der Waals surface area contributed by atoms with Crippen LogP contribution in [0.15, 0.2) is 51.5 Å². The molecule has 4 rings (SSSR count). The second-order valence-corrected chi connectivity index (χ2v) is 8.39. The summed E-state index contributed by atoms with van der Waals surface area (Å²) in [7, 11) is 0. The lowest BCUT2D eigenvalue weighted by molar-refractivity contribution is 0.0745. The van der Waals surface area contributed by atoms with Gasteiger partial charge >= 0.3 is 0 Å². The van der Waals surface area contributed by atoms with E-state index >= 15 is 0 Å². The number of anilines is 1. The Bertz CT molecular complexity index is 1100. The van der Waals surface area contributed by atoms with Gasteiger partial charge in [-0.25, -0.2) is 0 Å². The Morgan fingerprint density at radius 3 is 2.48 bits per heavy atom. The Morgan fingerprint density at radius 2 is 1.91 bits per heavy atom. The quantitative estimate of drug-likeness (QED) is 0.541. The van der Waals surface area contributed by atoms with Gasteiger partial charge in [-0.3, -0.25) is 9.69 Å². The minimum atomic E-state index is 0.0201. The van der Waals surface area contributed by atoms with E-state index in [2.05, 4.69) is 36.7 Å². The molecule has 2 aromatic heterocycles. The molecule has 0 spiro atoms. The summed E-state index contributed by atoms with van der Waals surface area (Å²) in [6, 6.07) is 14.0. The maximum absolute atomic E-state index is 13.0. The van der Waals surface area contributed by atoms with Gasteiger partial charge in [0.2, 0.25) is 11.6 Å². The molecule has 0 saturated carbocycles. The van der Waals surface area contributed by atoms with Gasteiger partial charge in [0.1, 0.15) is 6.07 Å². The zero-order chi connectivity index (χ0) is 23.4. The molecule has 0 radical (unpaired) electrons. The van der Waals surface area contributed by atoms with Crippen molar-refractivity contribution in [1.29, 1.82) is 5.26 Å². The smallest absolute Gasteiger partial charge is 0.266 e. The number of nitriles is 1. The van der Waals surface area contributed by atoms with Gasteiger partial charge in [-0.2, -0.15) is 10.2 Å². The fraction of sp³-hybridized carbons (Fsp3) is 0.400. The average molecular weight is 448 g/mol. The molecule has 1 fully saturated rings. The second-order valence-electron chi connectivity index (χ2n) is 8.39. The van der Waals surface area contributed by atoms with Gasteiger partial charge in [0.25, 0.3) is 11.8 Å². The SMILES string of the molecule is CCN(Cc1ccc(C(=O)N2CCN(c3oc(-c4ccco4)nc3C#N)CC2)cc1)C(C)C. The van der Waals surface area contributed by atoms with E-state index < -0.39 is 0 Å². The molecule has 8 heteroatoms. The Hall–Kier alpha value is -3.57. The molecule has 1 saturated heterocycles. The van der Waals surface area contributed by atoms with Gasteiger partial charge in [0, 0.05) is 44.3 Å². The van der Waals surface area contributed by atoms with Crippen LogP contribution in [0.25, 0.3) is 11.7 Å². The molecule has 0 aliphatic carbocycles. The highest BCUT2D eigenvalue weighted by Gasteiger charge is 2.27. The maximum Gasteiger partial charge on any atom is 0.266 e. The number of hydrogen-bond donors (Lipinski definition) is 0. The van der Waals surface area contributed by atoms with E-state index in [-0.39, 0.29) is 17.5 Å². The first kappa shape index (κ1) is 22.6. The van der Waals surface area contributed by atoms with Crippen LogP contribution in [0.2, 0.25) is 0 Å². The van der Waals surface area contributed by atoms with Gasteiger partial charge in [-0.15, -0.1) is 0 Å². The third-order valence-corrected chi connectivity index (χ3v) is 6.02. The molecule has 1 aliphatic heterocycles. The van der Waals surface area contributed by atoms with E-state index in [1.807, 2.05) is 34.1 Å². The standard InChI is InChI=1S/C25H29N5O3/c1-4-28(18(2)3)17-19-7-9-20(10-8-19)24(31)29-11-13-30(14-12-29)25-21(16-26)27-23(33-25)22-6-5-15-32-22/h5-10,15,18H,4,11-14,17H2,1-3H3. The largest absolute Gasteiger partial charge is 0.459 e. The minimum absolute atomic E-state index is 0.0201. The van der Waals surface area contributed by atoms with Gasteiger partial charge in [-0.05, 0) is 50.2 Å². The predicted octanol–water partition coefficient (Wildman–Crippen LogP) is 4.00. The molecule has 0 atom stereocenters. The van der Waals surface area contributed by atoms with E-state index in [1.54, 1.807) is 12.1 Å². The number of nitrogens with zero attached hydrogens (tertiary/aromatic N) is 5. The van der Waals surface area contributed by atoms with Crippen LogP contribution in [0, 0.1) is 11.3 Å². The number of rotatable bonds is 7. The maximum atomic E-state index is 13.0. The number of amides is 1. The van der Waals surface area contributed by atoms with Crippen LogP contribution in [-0.2, 0) is 6.54 Å². The number of piperazine rings is 1. The number of carbonyl (C=O) groups is 1. The summed E-state index contributed by atoms with van der Waals surface area (Å²) in [5.74, 6) is 1.20. The lowest BCUT2D eigenvalue weighted by atomic mass is 10.1. The normalized spacial score (nSPS) is 14.2. The summed E-state index contributed by atoms with van der Waals surface area (Å²) >= 11 is 0. The summed E-state index contributed by atoms with van der Waals surface area (Å²) in [6.07, 6.45) is 1.53. The molecule has 1 aliphatic rings. The molecule has 1 aromatic carbocycles. The molecule has 8 nitrogen and oxygen atoms in total. The molecule has 0 unspecified atom stereocenters. The monoisotopic (exact) mass is 447 g/mol. The highest BCUT2D eigenvalue weighted by Crippen LogP contribution is 2.29. The first-order chi connectivity index (χ1) is 16.0. The first-order valence-corrected chi connectivity index (χ1v) is 11.3. The summed E-state index contributed by atoms with van der Waals surface area (Å²) in [6.45, 7) is 10.6. The third kappa shape index (κ3) is 4.94. The van der Waals surface area contributed by atoms with Crippen molar-refractivity contribution in [2.75, 3.05) is 37.6 Å². The molecular weight excluding hydrogens is 418 g/mol. The van der Waals surface area contributed by atoms with Crippen LogP contribution >= 0.6 is 0 Å². The van der Waals surface area contributed by atoms with Crippen molar-refractivity contribution < 1.29 is 13.6 Å². The Labute approximate surface area is 194 Å². The zero-order valence-corrected chi connectivity index (χ0v) is 19.3. The van der Waals surface area contributed by atoms with Crippen molar-refractivity contribution in [1.82, 2.24) is 14.8 Å². The lowest BCUT2D eigenvalue weighted by Crippen LogP contribution is -2.48. The average Bonchev–Trinajstić information content (AvgIpc) is 3.52. The number of aromatic nitrogens is 1. The number of oxazole rings is 1. The highest BCUT2D eigenvalue weighted by atomic mass is 16.4. The molecule has 33 heavy (non-hydrogen) atoms. The first-order valence-electron chi connectivity index (χ1n) is 11.3. The van der Waals surface area contributed by atoms with Crippen molar-refractivity contribution in [2.24, 2.45) is 0 Å². The van der Waals surface area contributed by atoms with Gasteiger partial charge in [-0.1, -0.05) is 19.1 Å². The highest BCUT2D eigenvalue weighted by molar-refractivity contribution is 5.94. The van der Waals surface area contributed by atoms with Crippen LogP contribution in [0.4, 0.5) is 5.88 Å². The van der Waals surface area contributed by atoms with Crippen molar-refractivity contribution >= 4 is 11.8 Å². The fourth-order valence-electron chi connectivity index (χ4n) is 4.05. The number of hydrogen-bond acceptors (Lipinski definition) is 7.